The number of imidazole rings is 1. The lowest BCUT2D eigenvalue weighted by atomic mass is 10.5. The van der Waals surface area contributed by atoms with Gasteiger partial charge < -0.3 is 22.4 Å². The molecule has 0 aliphatic heterocycles. The highest BCUT2D eigenvalue weighted by atomic mass is 35.5. The first-order valence-corrected chi connectivity index (χ1v) is 4.49. The summed E-state index contributed by atoms with van der Waals surface area (Å²) in [6.07, 6.45) is 5.31. The number of halogens is 1. The minimum absolute atomic E-state index is 0. The van der Waals surface area contributed by atoms with Gasteiger partial charge in [0.2, 0.25) is 0 Å². The molecule has 0 unspecified atom stereocenters. The molecule has 1 heterocycles. The Balaban J connectivity index is 0.00000196. The average Bonchev–Trinajstić information content (AvgIpc) is 2.46. The van der Waals surface area contributed by atoms with Crippen molar-refractivity contribution in [3.8, 4) is 0 Å². The molecule has 0 fully saturated rings. The fraction of sp³-hybridized carbons (Fsp3) is 0.556. The Kier molecular flexibility index (Phi) is 5.96. The number of nitrogens with zero attached hydrogens (tertiary/aromatic N) is 3. The second-order valence-corrected chi connectivity index (χ2v) is 3.33. The van der Waals surface area contributed by atoms with Crippen LogP contribution in [0.2, 0.25) is 0 Å². The molecule has 0 atom stereocenters. The van der Waals surface area contributed by atoms with Crippen LogP contribution in [0.3, 0.4) is 0 Å². The van der Waals surface area contributed by atoms with Crippen molar-refractivity contribution in [2.75, 3.05) is 0 Å². The highest BCUT2D eigenvalue weighted by molar-refractivity contribution is 5.72. The summed E-state index contributed by atoms with van der Waals surface area (Å²) < 4.78 is 9.15. The Morgan fingerprint density at radius 1 is 1.67 bits per heavy atom. The maximum absolute atomic E-state index is 8.47. The summed E-state index contributed by atoms with van der Waals surface area (Å²) in [6.45, 7) is 4.41. The molecule has 1 aromatic heterocycles. The number of hydrogen-bond donors (Lipinski definition) is 1. The maximum atomic E-state index is 8.47. The molecule has 1 aromatic rings. The van der Waals surface area contributed by atoms with Crippen molar-refractivity contribution in [3.05, 3.63) is 18.2 Å². The molecule has 86 valence electrons. The minimum atomic E-state index is 0. The third kappa shape index (κ3) is 3.89. The number of oxime groups is 1. The van der Waals surface area contributed by atoms with Crippen molar-refractivity contribution in [1.82, 2.24) is 4.57 Å². The molecule has 6 heteroatoms. The fourth-order valence-electron chi connectivity index (χ4n) is 1.09. The van der Waals surface area contributed by atoms with E-state index in [1.165, 1.54) is 6.21 Å². The normalized spacial score (nSPS) is 10.9. The summed E-state index contributed by atoms with van der Waals surface area (Å²) in [5, 5.41) is 11.5. The molecule has 0 saturated carbocycles. The van der Waals surface area contributed by atoms with Gasteiger partial charge in [0.05, 0.1) is 13.2 Å². The van der Waals surface area contributed by atoms with E-state index in [0.29, 0.717) is 6.73 Å². The van der Waals surface area contributed by atoms with E-state index >= 15 is 0 Å². The Morgan fingerprint density at radius 2 is 2.33 bits per heavy atom. The summed E-state index contributed by atoms with van der Waals surface area (Å²) in [5.74, 6) is 0.785. The summed E-state index contributed by atoms with van der Waals surface area (Å²) >= 11 is 0. The van der Waals surface area contributed by atoms with Gasteiger partial charge in [-0.15, -0.1) is 0 Å². The van der Waals surface area contributed by atoms with Crippen LogP contribution in [0.25, 0.3) is 0 Å². The van der Waals surface area contributed by atoms with Gasteiger partial charge in [0.1, 0.15) is 12.4 Å². The van der Waals surface area contributed by atoms with Gasteiger partial charge in [-0.2, -0.15) is 0 Å². The van der Waals surface area contributed by atoms with E-state index in [1.54, 1.807) is 0 Å². The van der Waals surface area contributed by atoms with E-state index < -0.39 is 0 Å². The lowest BCUT2D eigenvalue weighted by Crippen LogP contribution is -3.00. The summed E-state index contributed by atoms with van der Waals surface area (Å²) in [7, 11) is 1.88. The van der Waals surface area contributed by atoms with Crippen LogP contribution < -0.4 is 17.0 Å². The molecule has 15 heavy (non-hydrogen) atoms. The smallest absolute Gasteiger partial charge is 0.305 e. The van der Waals surface area contributed by atoms with E-state index in [0.717, 1.165) is 5.82 Å². The summed E-state index contributed by atoms with van der Waals surface area (Å²) in [5.41, 5.74) is 0. The van der Waals surface area contributed by atoms with Gasteiger partial charge in [-0.3, -0.25) is 0 Å². The molecule has 0 bridgehead atoms. The zero-order chi connectivity index (χ0) is 10.6. The lowest BCUT2D eigenvalue weighted by Gasteiger charge is -2.04. The van der Waals surface area contributed by atoms with Crippen LogP contribution in [0.5, 0.6) is 0 Å². The highest BCUT2D eigenvalue weighted by Gasteiger charge is 2.12. The third-order valence-corrected chi connectivity index (χ3v) is 1.85. The predicted octanol–water partition coefficient (Wildman–Crippen LogP) is -2.49. The van der Waals surface area contributed by atoms with Crippen molar-refractivity contribution in [1.29, 1.82) is 0 Å². The van der Waals surface area contributed by atoms with Crippen molar-refractivity contribution in [2.24, 2.45) is 12.2 Å². The molecule has 1 N–H and O–H groups in total. The Hall–Kier alpha value is -1.07. The molecule has 0 amide bonds. The van der Waals surface area contributed by atoms with Gasteiger partial charge in [-0.25, -0.2) is 9.13 Å². The van der Waals surface area contributed by atoms with Crippen molar-refractivity contribution >= 4 is 6.21 Å². The van der Waals surface area contributed by atoms with Crippen molar-refractivity contribution < 1.29 is 26.9 Å². The quantitative estimate of drug-likeness (QED) is 0.271. The molecule has 0 aromatic carbocycles. The summed E-state index contributed by atoms with van der Waals surface area (Å²) in [6, 6.07) is 0. The van der Waals surface area contributed by atoms with Crippen LogP contribution in [-0.4, -0.2) is 22.1 Å². The Bertz CT molecular complexity index is 323. The lowest BCUT2D eigenvalue weighted by molar-refractivity contribution is -0.672. The van der Waals surface area contributed by atoms with E-state index in [1.807, 2.05) is 42.4 Å². The van der Waals surface area contributed by atoms with Gasteiger partial charge >= 0.3 is 5.82 Å². The van der Waals surface area contributed by atoms with Crippen LogP contribution in [0, 0.1) is 0 Å². The highest BCUT2D eigenvalue weighted by Crippen LogP contribution is 1.96. The first-order valence-electron chi connectivity index (χ1n) is 4.49. The second kappa shape index (κ2) is 6.42. The average molecular weight is 234 g/mol. The molecule has 1 rings (SSSR count). The second-order valence-electron chi connectivity index (χ2n) is 3.33. The predicted molar refractivity (Wildman–Crippen MR) is 51.2 cm³/mol. The van der Waals surface area contributed by atoms with E-state index in [9.17, 15) is 0 Å². The first-order chi connectivity index (χ1) is 6.65. The minimum Gasteiger partial charge on any atom is -1.00 e. The Labute approximate surface area is 95.4 Å². The molecular formula is C9H16ClN3O2. The Morgan fingerprint density at radius 3 is 2.87 bits per heavy atom. The third-order valence-electron chi connectivity index (χ3n) is 1.85. The zero-order valence-corrected chi connectivity index (χ0v) is 9.85. The van der Waals surface area contributed by atoms with Crippen LogP contribution >= 0.6 is 0 Å². The van der Waals surface area contributed by atoms with E-state index in [2.05, 4.69) is 5.16 Å². The molecule has 0 radical (unpaired) electrons. The molecular weight excluding hydrogens is 218 g/mol. The van der Waals surface area contributed by atoms with E-state index in [4.69, 9.17) is 9.94 Å². The van der Waals surface area contributed by atoms with Crippen molar-refractivity contribution in [2.45, 2.75) is 26.7 Å². The van der Waals surface area contributed by atoms with Gasteiger partial charge in [-0.1, -0.05) is 5.16 Å². The molecule has 0 aliphatic rings. The SMILES string of the molecule is CC(C)OCn1cc[n+](C)c1/C=N\O.[Cl-]. The number of aromatic nitrogens is 2. The molecule has 0 spiro atoms. The van der Waals surface area contributed by atoms with Gasteiger partial charge in [0.15, 0.2) is 12.9 Å². The zero-order valence-electron chi connectivity index (χ0n) is 9.09. The first kappa shape index (κ1) is 13.9. The topological polar surface area (TPSA) is 50.6 Å². The van der Waals surface area contributed by atoms with E-state index in [-0.39, 0.29) is 18.5 Å². The number of aryl methyl sites for hydroxylation is 1. The van der Waals surface area contributed by atoms with Crippen LogP contribution in [0.1, 0.15) is 19.7 Å². The fourth-order valence-corrected chi connectivity index (χ4v) is 1.09. The maximum Gasteiger partial charge on any atom is 0.305 e. The standard InChI is InChI=1S/C9H15N3O2.ClH/c1-8(2)14-7-12-5-4-11(3)9(12)6-10-13;/h4-6,8H,7H2,1-3H3;1H. The monoisotopic (exact) mass is 233 g/mol. The molecule has 5 nitrogen and oxygen atoms in total. The summed E-state index contributed by atoms with van der Waals surface area (Å²) in [4.78, 5) is 0. The van der Waals surface area contributed by atoms with Gasteiger partial charge in [0.25, 0.3) is 0 Å². The van der Waals surface area contributed by atoms with Gasteiger partial charge in [0, 0.05) is 0 Å². The van der Waals surface area contributed by atoms with Crippen LogP contribution in [-0.2, 0) is 18.5 Å². The largest absolute Gasteiger partial charge is 1.00 e. The number of hydrogen-bond acceptors (Lipinski definition) is 3. The van der Waals surface area contributed by atoms with Crippen molar-refractivity contribution in [3.63, 3.8) is 0 Å². The molecule has 0 saturated heterocycles. The van der Waals surface area contributed by atoms with Gasteiger partial charge in [-0.05, 0) is 13.8 Å². The number of ether oxygens (including phenoxy) is 1. The van der Waals surface area contributed by atoms with Crippen LogP contribution in [0.15, 0.2) is 17.5 Å². The van der Waals surface area contributed by atoms with Crippen LogP contribution in [0.4, 0.5) is 0 Å². The number of rotatable bonds is 4. The molecule has 0 aliphatic carbocycles.